The van der Waals surface area contributed by atoms with Crippen LogP contribution in [0.25, 0.3) is 28.8 Å². The fraction of sp³-hybridized carbons (Fsp3) is 0.125. The zero-order chi connectivity index (χ0) is 15.8. The molecule has 6 nitrogen and oxygen atoms in total. The Kier molecular flexibility index (Phi) is 3.42. The Balaban J connectivity index is 1.79. The first-order chi connectivity index (χ1) is 11.3. The number of aromatic nitrogens is 5. The smallest absolute Gasteiger partial charge is 0.276 e. The van der Waals surface area contributed by atoms with E-state index in [9.17, 15) is 0 Å². The van der Waals surface area contributed by atoms with Gasteiger partial charge >= 0.3 is 0 Å². The minimum Gasteiger partial charge on any atom is -0.332 e. The number of fused-ring (bicyclic) bond motifs is 1. The van der Waals surface area contributed by atoms with E-state index in [1.165, 1.54) is 5.56 Å². The fourth-order valence-corrected chi connectivity index (χ4v) is 2.83. The molecule has 0 saturated heterocycles. The molecule has 0 bridgehead atoms. The van der Waals surface area contributed by atoms with Crippen molar-refractivity contribution in [2.45, 2.75) is 13.3 Å². The molecule has 4 heterocycles. The fourth-order valence-electron chi connectivity index (χ4n) is 2.38. The average molecular weight is 370 g/mol. The van der Waals surface area contributed by atoms with Gasteiger partial charge in [-0.3, -0.25) is 9.38 Å². The number of imidazole rings is 1. The highest BCUT2D eigenvalue weighted by Crippen LogP contribution is 2.25. The van der Waals surface area contributed by atoms with Crippen molar-refractivity contribution >= 4 is 21.6 Å². The van der Waals surface area contributed by atoms with Gasteiger partial charge in [-0.1, -0.05) is 12.1 Å². The van der Waals surface area contributed by atoms with E-state index in [0.717, 1.165) is 22.2 Å². The molecule has 114 valence electrons. The monoisotopic (exact) mass is 369 g/mol. The highest BCUT2D eigenvalue weighted by atomic mass is 79.9. The predicted molar refractivity (Wildman–Crippen MR) is 88.8 cm³/mol. The van der Waals surface area contributed by atoms with Crippen molar-refractivity contribution < 1.29 is 4.52 Å². The Morgan fingerprint density at radius 2 is 2.17 bits per heavy atom. The standard InChI is InChI=1S/C16H12BrN5O/c1-2-10-5-6-18-12(8-10)14-20-16(23-21-14)13-9-19-15-11(17)4-3-7-22(13)15/h3-9H,2H2,1H3. The molecule has 0 unspecified atom stereocenters. The van der Waals surface area contributed by atoms with Crippen molar-refractivity contribution in [2.24, 2.45) is 0 Å². The number of hydrogen-bond donors (Lipinski definition) is 0. The van der Waals surface area contributed by atoms with Crippen molar-refractivity contribution in [2.75, 3.05) is 0 Å². The summed E-state index contributed by atoms with van der Waals surface area (Å²) in [5.74, 6) is 0.884. The third-order valence-corrected chi connectivity index (χ3v) is 4.21. The summed E-state index contributed by atoms with van der Waals surface area (Å²) >= 11 is 3.48. The van der Waals surface area contributed by atoms with Gasteiger partial charge in [0.1, 0.15) is 11.4 Å². The minimum atomic E-state index is 0.411. The summed E-state index contributed by atoms with van der Waals surface area (Å²) in [6.07, 6.45) is 6.31. The summed E-state index contributed by atoms with van der Waals surface area (Å²) in [5.41, 5.74) is 3.43. The van der Waals surface area contributed by atoms with Gasteiger partial charge in [-0.2, -0.15) is 4.98 Å². The van der Waals surface area contributed by atoms with Gasteiger partial charge < -0.3 is 4.52 Å². The van der Waals surface area contributed by atoms with Gasteiger partial charge in [-0.05, 0) is 52.2 Å². The van der Waals surface area contributed by atoms with Gasteiger partial charge in [-0.15, -0.1) is 0 Å². The Morgan fingerprint density at radius 1 is 1.26 bits per heavy atom. The third-order valence-electron chi connectivity index (χ3n) is 3.59. The van der Waals surface area contributed by atoms with Gasteiger partial charge in [0.15, 0.2) is 5.65 Å². The van der Waals surface area contributed by atoms with E-state index >= 15 is 0 Å². The van der Waals surface area contributed by atoms with E-state index in [-0.39, 0.29) is 0 Å². The Bertz CT molecular complexity index is 991. The molecule has 4 aromatic heterocycles. The zero-order valence-electron chi connectivity index (χ0n) is 12.3. The molecule has 7 heteroatoms. The van der Waals surface area contributed by atoms with Crippen molar-refractivity contribution in [1.82, 2.24) is 24.5 Å². The van der Waals surface area contributed by atoms with Crippen LogP contribution in [-0.4, -0.2) is 24.5 Å². The predicted octanol–water partition coefficient (Wildman–Crippen LogP) is 3.77. The number of hydrogen-bond acceptors (Lipinski definition) is 5. The van der Waals surface area contributed by atoms with E-state index in [2.05, 4.69) is 43.0 Å². The minimum absolute atomic E-state index is 0.411. The van der Waals surface area contributed by atoms with Crippen LogP contribution < -0.4 is 0 Å². The molecule has 0 amide bonds. The second-order valence-electron chi connectivity index (χ2n) is 5.02. The van der Waals surface area contributed by atoms with E-state index in [0.29, 0.717) is 17.4 Å². The summed E-state index contributed by atoms with van der Waals surface area (Å²) in [6.45, 7) is 2.09. The number of nitrogens with zero attached hydrogens (tertiary/aromatic N) is 5. The summed E-state index contributed by atoms with van der Waals surface area (Å²) in [6, 6.07) is 7.81. The first-order valence-electron chi connectivity index (χ1n) is 7.17. The number of aryl methyl sites for hydroxylation is 1. The summed E-state index contributed by atoms with van der Waals surface area (Å²) < 4.78 is 8.21. The van der Waals surface area contributed by atoms with Crippen molar-refractivity contribution in [1.29, 1.82) is 0 Å². The van der Waals surface area contributed by atoms with Crippen LogP contribution in [0.3, 0.4) is 0 Å². The summed E-state index contributed by atoms with van der Waals surface area (Å²) in [7, 11) is 0. The van der Waals surface area contributed by atoms with Crippen LogP contribution in [0.15, 0.2) is 51.9 Å². The normalized spacial score (nSPS) is 11.2. The van der Waals surface area contributed by atoms with Crippen molar-refractivity contribution in [3.63, 3.8) is 0 Å². The molecule has 0 atom stereocenters. The quantitative estimate of drug-likeness (QED) is 0.549. The number of pyridine rings is 2. The second-order valence-corrected chi connectivity index (χ2v) is 5.87. The van der Waals surface area contributed by atoms with Gasteiger partial charge in [0.25, 0.3) is 5.89 Å². The molecule has 0 saturated carbocycles. The van der Waals surface area contributed by atoms with E-state index < -0.39 is 0 Å². The molecule has 4 rings (SSSR count). The lowest BCUT2D eigenvalue weighted by atomic mass is 10.2. The molecule has 0 aromatic carbocycles. The number of rotatable bonds is 3. The van der Waals surface area contributed by atoms with Crippen LogP contribution in [0.5, 0.6) is 0 Å². The largest absolute Gasteiger partial charge is 0.332 e. The van der Waals surface area contributed by atoms with Gasteiger partial charge in [0.05, 0.1) is 10.7 Å². The molecule has 0 spiro atoms. The molecule has 0 aliphatic carbocycles. The first kappa shape index (κ1) is 14.1. The first-order valence-corrected chi connectivity index (χ1v) is 7.96. The van der Waals surface area contributed by atoms with Gasteiger partial charge in [0, 0.05) is 12.4 Å². The molecular formula is C16H12BrN5O. The van der Waals surface area contributed by atoms with E-state index in [4.69, 9.17) is 4.52 Å². The van der Waals surface area contributed by atoms with E-state index in [1.54, 1.807) is 12.4 Å². The SMILES string of the molecule is CCc1ccnc(-c2noc(-c3cnc4c(Br)cccn34)n2)c1. The van der Waals surface area contributed by atoms with Crippen LogP contribution in [-0.2, 0) is 6.42 Å². The van der Waals surface area contributed by atoms with Crippen LogP contribution >= 0.6 is 15.9 Å². The van der Waals surface area contributed by atoms with Crippen LogP contribution in [0.4, 0.5) is 0 Å². The highest BCUT2D eigenvalue weighted by Gasteiger charge is 2.16. The van der Waals surface area contributed by atoms with Crippen LogP contribution in [0.1, 0.15) is 12.5 Å². The van der Waals surface area contributed by atoms with Crippen molar-refractivity contribution in [3.8, 4) is 23.1 Å². The Morgan fingerprint density at radius 3 is 3.04 bits per heavy atom. The maximum absolute atomic E-state index is 5.41. The van der Waals surface area contributed by atoms with Gasteiger partial charge in [0.2, 0.25) is 5.82 Å². The van der Waals surface area contributed by atoms with Gasteiger partial charge in [-0.25, -0.2) is 4.98 Å². The lowest BCUT2D eigenvalue weighted by Crippen LogP contribution is -1.90. The molecular weight excluding hydrogens is 358 g/mol. The molecule has 0 aliphatic heterocycles. The van der Waals surface area contributed by atoms with Crippen molar-refractivity contribution in [3.05, 3.63) is 52.9 Å². The topological polar surface area (TPSA) is 69.1 Å². The maximum atomic E-state index is 5.41. The highest BCUT2D eigenvalue weighted by molar-refractivity contribution is 9.10. The summed E-state index contributed by atoms with van der Waals surface area (Å²) in [4.78, 5) is 13.2. The average Bonchev–Trinajstić information content (AvgIpc) is 3.22. The molecule has 0 radical (unpaired) electrons. The number of halogens is 1. The second kappa shape index (κ2) is 5.58. The van der Waals surface area contributed by atoms with Crippen LogP contribution in [0, 0.1) is 0 Å². The molecule has 4 aromatic rings. The Labute approximate surface area is 140 Å². The lowest BCUT2D eigenvalue weighted by molar-refractivity contribution is 0.430. The maximum Gasteiger partial charge on any atom is 0.276 e. The van der Waals surface area contributed by atoms with Crippen LogP contribution in [0.2, 0.25) is 0 Å². The Hall–Kier alpha value is -2.54. The molecule has 0 N–H and O–H groups in total. The third kappa shape index (κ3) is 2.43. The molecule has 23 heavy (non-hydrogen) atoms. The molecule has 0 aliphatic rings. The lowest BCUT2D eigenvalue weighted by Gasteiger charge is -1.98. The molecule has 0 fully saturated rings. The zero-order valence-corrected chi connectivity index (χ0v) is 13.9. The summed E-state index contributed by atoms with van der Waals surface area (Å²) in [5, 5.41) is 4.05. The van der Waals surface area contributed by atoms with E-state index in [1.807, 2.05) is 34.9 Å².